The molecule has 1 heterocycles. The van der Waals surface area contributed by atoms with E-state index >= 15 is 0 Å². The monoisotopic (exact) mass is 342 g/mol. The molecule has 4 nitrogen and oxygen atoms in total. The average molecular weight is 342 g/mol. The van der Waals surface area contributed by atoms with Gasteiger partial charge in [-0.3, -0.25) is 4.68 Å². The first kappa shape index (κ1) is 16.1. The quantitative estimate of drug-likeness (QED) is 0.575. The van der Waals surface area contributed by atoms with Crippen molar-refractivity contribution in [3.05, 3.63) is 90.3 Å². The summed E-state index contributed by atoms with van der Waals surface area (Å²) >= 11 is 0. The van der Waals surface area contributed by atoms with Crippen molar-refractivity contribution < 1.29 is 9.90 Å². The SMILES string of the molecule is O=C(O)c1cc2ccccc2cc1-c1cnn(CCc2ccccc2)c1. The second-order valence-corrected chi connectivity index (χ2v) is 6.28. The van der Waals surface area contributed by atoms with Gasteiger partial charge >= 0.3 is 5.97 Å². The van der Waals surface area contributed by atoms with E-state index in [0.29, 0.717) is 11.1 Å². The number of aromatic nitrogens is 2. The lowest BCUT2D eigenvalue weighted by atomic mass is 9.97. The molecule has 0 aliphatic heterocycles. The van der Waals surface area contributed by atoms with Gasteiger partial charge in [-0.2, -0.15) is 5.10 Å². The molecule has 0 fully saturated rings. The molecule has 0 radical (unpaired) electrons. The Morgan fingerprint density at radius 3 is 2.38 bits per heavy atom. The normalized spacial score (nSPS) is 10.9. The van der Waals surface area contributed by atoms with Crippen molar-refractivity contribution in [2.24, 2.45) is 0 Å². The molecule has 0 spiro atoms. The summed E-state index contributed by atoms with van der Waals surface area (Å²) in [5, 5.41) is 16.0. The minimum Gasteiger partial charge on any atom is -0.478 e. The fourth-order valence-corrected chi connectivity index (χ4v) is 3.17. The van der Waals surface area contributed by atoms with E-state index in [0.717, 1.165) is 29.3 Å². The topological polar surface area (TPSA) is 55.1 Å². The van der Waals surface area contributed by atoms with Crippen molar-refractivity contribution in [3.63, 3.8) is 0 Å². The molecule has 26 heavy (non-hydrogen) atoms. The Balaban J connectivity index is 1.66. The minimum absolute atomic E-state index is 0.298. The van der Waals surface area contributed by atoms with E-state index in [1.165, 1.54) is 5.56 Å². The lowest BCUT2D eigenvalue weighted by Crippen LogP contribution is -2.01. The summed E-state index contributed by atoms with van der Waals surface area (Å²) in [6.07, 6.45) is 4.53. The Morgan fingerprint density at radius 2 is 1.65 bits per heavy atom. The van der Waals surface area contributed by atoms with E-state index in [1.54, 1.807) is 12.3 Å². The van der Waals surface area contributed by atoms with E-state index < -0.39 is 5.97 Å². The van der Waals surface area contributed by atoms with Gasteiger partial charge in [-0.05, 0) is 40.5 Å². The van der Waals surface area contributed by atoms with Gasteiger partial charge in [-0.1, -0.05) is 54.6 Å². The number of benzene rings is 3. The Morgan fingerprint density at radius 1 is 0.962 bits per heavy atom. The smallest absolute Gasteiger partial charge is 0.336 e. The van der Waals surface area contributed by atoms with Crippen LogP contribution >= 0.6 is 0 Å². The van der Waals surface area contributed by atoms with Crippen LogP contribution in [0.4, 0.5) is 0 Å². The van der Waals surface area contributed by atoms with E-state index in [4.69, 9.17) is 0 Å². The van der Waals surface area contributed by atoms with Crippen LogP contribution in [0.1, 0.15) is 15.9 Å². The Hall–Kier alpha value is -3.40. The zero-order chi connectivity index (χ0) is 17.9. The standard InChI is InChI=1S/C22H18N2O2/c25-22(26)21-13-18-9-5-4-8-17(18)12-20(21)19-14-23-24(15-19)11-10-16-6-2-1-3-7-16/h1-9,12-15H,10-11H2,(H,25,26). The fraction of sp³-hybridized carbons (Fsp3) is 0.0909. The van der Waals surface area contributed by atoms with Crippen LogP contribution in [-0.2, 0) is 13.0 Å². The van der Waals surface area contributed by atoms with Crippen LogP contribution in [0.15, 0.2) is 79.1 Å². The number of hydrogen-bond donors (Lipinski definition) is 1. The van der Waals surface area contributed by atoms with Crippen molar-refractivity contribution in [2.75, 3.05) is 0 Å². The van der Waals surface area contributed by atoms with Gasteiger partial charge in [0.2, 0.25) is 0 Å². The largest absolute Gasteiger partial charge is 0.478 e. The van der Waals surface area contributed by atoms with Crippen LogP contribution < -0.4 is 0 Å². The molecule has 1 aromatic heterocycles. The zero-order valence-electron chi connectivity index (χ0n) is 14.2. The Labute approximate surface area is 151 Å². The number of carbonyl (C=O) groups is 1. The minimum atomic E-state index is -0.928. The number of fused-ring (bicyclic) bond motifs is 1. The zero-order valence-corrected chi connectivity index (χ0v) is 14.2. The van der Waals surface area contributed by atoms with Crippen molar-refractivity contribution in [1.82, 2.24) is 9.78 Å². The molecule has 0 aliphatic carbocycles. The number of rotatable bonds is 5. The number of carboxylic acid groups (broad SMARTS) is 1. The molecule has 0 aliphatic rings. The number of hydrogen-bond acceptors (Lipinski definition) is 2. The summed E-state index contributed by atoms with van der Waals surface area (Å²) < 4.78 is 1.86. The van der Waals surface area contributed by atoms with Crippen molar-refractivity contribution >= 4 is 16.7 Å². The summed E-state index contributed by atoms with van der Waals surface area (Å²) in [4.78, 5) is 11.7. The molecule has 3 aromatic carbocycles. The lowest BCUT2D eigenvalue weighted by molar-refractivity contribution is 0.0698. The molecule has 0 saturated heterocycles. The van der Waals surface area contributed by atoms with E-state index in [9.17, 15) is 9.90 Å². The predicted molar refractivity (Wildman–Crippen MR) is 102 cm³/mol. The number of nitrogens with zero attached hydrogens (tertiary/aromatic N) is 2. The third-order valence-corrected chi connectivity index (χ3v) is 4.53. The molecule has 0 unspecified atom stereocenters. The molecule has 0 atom stereocenters. The van der Waals surface area contributed by atoms with Crippen LogP contribution in [0.25, 0.3) is 21.9 Å². The van der Waals surface area contributed by atoms with E-state index in [-0.39, 0.29) is 0 Å². The van der Waals surface area contributed by atoms with Crippen LogP contribution in [0.3, 0.4) is 0 Å². The third-order valence-electron chi connectivity index (χ3n) is 4.53. The van der Waals surface area contributed by atoms with Crippen LogP contribution in [-0.4, -0.2) is 20.9 Å². The first-order valence-corrected chi connectivity index (χ1v) is 8.53. The number of carboxylic acids is 1. The first-order chi connectivity index (χ1) is 12.7. The van der Waals surface area contributed by atoms with Gasteiger partial charge in [0.15, 0.2) is 0 Å². The molecule has 0 amide bonds. The second kappa shape index (κ2) is 6.84. The maximum Gasteiger partial charge on any atom is 0.336 e. The predicted octanol–water partition coefficient (Wildman–Crippen LogP) is 4.64. The van der Waals surface area contributed by atoms with E-state index in [2.05, 4.69) is 17.2 Å². The molecule has 0 saturated carbocycles. The van der Waals surface area contributed by atoms with Crippen molar-refractivity contribution in [1.29, 1.82) is 0 Å². The molecule has 4 aromatic rings. The highest BCUT2D eigenvalue weighted by atomic mass is 16.4. The summed E-state index contributed by atoms with van der Waals surface area (Å²) in [5.41, 5.74) is 3.07. The van der Waals surface area contributed by atoms with E-state index in [1.807, 2.05) is 59.4 Å². The number of aryl methyl sites for hydroxylation is 2. The van der Waals surface area contributed by atoms with Crippen LogP contribution in [0.5, 0.6) is 0 Å². The summed E-state index contributed by atoms with van der Waals surface area (Å²) in [6, 6.07) is 21.7. The van der Waals surface area contributed by atoms with Crippen LogP contribution in [0, 0.1) is 0 Å². The van der Waals surface area contributed by atoms with Gasteiger partial charge in [0.25, 0.3) is 0 Å². The van der Waals surface area contributed by atoms with Crippen molar-refractivity contribution in [3.8, 4) is 11.1 Å². The van der Waals surface area contributed by atoms with Gasteiger partial charge in [0, 0.05) is 18.3 Å². The second-order valence-electron chi connectivity index (χ2n) is 6.28. The highest BCUT2D eigenvalue weighted by Gasteiger charge is 2.14. The fourth-order valence-electron chi connectivity index (χ4n) is 3.17. The summed E-state index contributed by atoms with van der Waals surface area (Å²) in [6.45, 7) is 0.750. The van der Waals surface area contributed by atoms with Gasteiger partial charge < -0.3 is 5.11 Å². The Kier molecular flexibility index (Phi) is 4.23. The van der Waals surface area contributed by atoms with Gasteiger partial charge in [-0.25, -0.2) is 4.79 Å². The Bertz CT molecular complexity index is 1070. The highest BCUT2D eigenvalue weighted by molar-refractivity contribution is 6.02. The molecule has 1 N–H and O–H groups in total. The summed E-state index contributed by atoms with van der Waals surface area (Å²) in [7, 11) is 0. The van der Waals surface area contributed by atoms with Crippen LogP contribution in [0.2, 0.25) is 0 Å². The molecular formula is C22H18N2O2. The lowest BCUT2D eigenvalue weighted by Gasteiger charge is -2.07. The van der Waals surface area contributed by atoms with Crippen molar-refractivity contribution in [2.45, 2.75) is 13.0 Å². The third kappa shape index (κ3) is 3.22. The number of aromatic carboxylic acids is 1. The molecule has 4 rings (SSSR count). The maximum atomic E-state index is 11.7. The van der Waals surface area contributed by atoms with Gasteiger partial charge in [-0.15, -0.1) is 0 Å². The first-order valence-electron chi connectivity index (χ1n) is 8.53. The maximum absolute atomic E-state index is 11.7. The highest BCUT2D eigenvalue weighted by Crippen LogP contribution is 2.28. The van der Waals surface area contributed by atoms with Gasteiger partial charge in [0.05, 0.1) is 11.8 Å². The molecule has 4 heteroatoms. The average Bonchev–Trinajstić information content (AvgIpc) is 3.15. The summed E-state index contributed by atoms with van der Waals surface area (Å²) in [5.74, 6) is -0.928. The molecular weight excluding hydrogens is 324 g/mol. The molecule has 128 valence electrons. The van der Waals surface area contributed by atoms with Gasteiger partial charge in [0.1, 0.15) is 0 Å². The molecule has 0 bridgehead atoms.